The minimum atomic E-state index is -2.49. The summed E-state index contributed by atoms with van der Waals surface area (Å²) in [6.07, 6.45) is 3.69. The van der Waals surface area contributed by atoms with Gasteiger partial charge in [-0.15, -0.1) is 0 Å². The highest BCUT2D eigenvalue weighted by molar-refractivity contribution is 9.11. The Morgan fingerprint density at radius 3 is 1.85 bits per heavy atom. The highest BCUT2D eigenvalue weighted by Crippen LogP contribution is 2.47. The Morgan fingerprint density at radius 2 is 1.34 bits per heavy atom. The van der Waals surface area contributed by atoms with Gasteiger partial charge in [-0.25, -0.2) is 4.79 Å². The van der Waals surface area contributed by atoms with Crippen molar-refractivity contribution in [2.45, 2.75) is 243 Å². The molecule has 0 aliphatic carbocycles. The van der Waals surface area contributed by atoms with E-state index in [9.17, 15) is 9.59 Å². The lowest BCUT2D eigenvalue weighted by molar-refractivity contribution is -0.267. The van der Waals surface area contributed by atoms with Gasteiger partial charge in [-0.2, -0.15) is 0 Å². The van der Waals surface area contributed by atoms with E-state index in [0.717, 1.165) is 37.4 Å². The van der Waals surface area contributed by atoms with Gasteiger partial charge in [0.05, 0.1) is 23.9 Å². The van der Waals surface area contributed by atoms with Crippen LogP contribution in [0.2, 0.25) is 72.5 Å². The van der Waals surface area contributed by atoms with Crippen LogP contribution in [0.5, 0.6) is 0 Å². The minimum Gasteiger partial charge on any atom is -0.458 e. The zero-order valence-electron chi connectivity index (χ0n) is 44.0. The SMILES string of the molecule is C=C(Br)C[C@H](CCC(=O)/C=C/C(O[Si](C)(C)C(C)(C)C)[C@@H]1OC2CC[C@H](CCO[Si](CC)(CC)CC)O[C@@H]2C(O[Si](C)(C)C(C)(C)C)C1O[Si](C)(C)C(C)(C)C)OC(=O)c1ccccc1. The van der Waals surface area contributed by atoms with Crippen molar-refractivity contribution in [1.82, 2.24) is 0 Å². The summed E-state index contributed by atoms with van der Waals surface area (Å²) in [5, 5.41) is -0.315. The number of hydrogen-bond donors (Lipinski definition) is 0. The molecule has 2 fully saturated rings. The van der Waals surface area contributed by atoms with E-state index >= 15 is 0 Å². The van der Waals surface area contributed by atoms with Crippen molar-refractivity contribution in [2.75, 3.05) is 6.61 Å². The van der Waals surface area contributed by atoms with E-state index in [1.54, 1.807) is 30.3 Å². The van der Waals surface area contributed by atoms with Crippen molar-refractivity contribution in [1.29, 1.82) is 0 Å². The number of ether oxygens (including phenoxy) is 3. The van der Waals surface area contributed by atoms with E-state index in [-0.39, 0.29) is 45.6 Å². The Labute approximate surface area is 408 Å². The number of benzene rings is 1. The topological polar surface area (TPSA) is 98.8 Å². The van der Waals surface area contributed by atoms with Crippen molar-refractivity contribution in [2.24, 2.45) is 0 Å². The number of ketones is 1. The second kappa shape index (κ2) is 23.7. The molecule has 9 nitrogen and oxygen atoms in total. The summed E-state index contributed by atoms with van der Waals surface area (Å²) in [4.78, 5) is 27.1. The van der Waals surface area contributed by atoms with Crippen molar-refractivity contribution in [3.63, 3.8) is 0 Å². The average Bonchev–Trinajstić information content (AvgIpc) is 3.19. The number of allylic oxidation sites excluding steroid dienone is 1. The smallest absolute Gasteiger partial charge is 0.338 e. The van der Waals surface area contributed by atoms with Crippen LogP contribution in [0.1, 0.15) is 132 Å². The molecule has 4 unspecified atom stereocenters. The van der Waals surface area contributed by atoms with Gasteiger partial charge in [-0.1, -0.05) is 130 Å². The number of hydrogen-bond acceptors (Lipinski definition) is 9. The fourth-order valence-electron chi connectivity index (χ4n) is 7.79. The summed E-state index contributed by atoms with van der Waals surface area (Å²) >= 11 is 3.45. The first-order valence-electron chi connectivity index (χ1n) is 24.6. The quantitative estimate of drug-likeness (QED) is 0.0603. The summed E-state index contributed by atoms with van der Waals surface area (Å²) < 4.78 is 50.6. The van der Waals surface area contributed by atoms with Gasteiger partial charge in [0.15, 0.2) is 39.1 Å². The molecule has 0 N–H and O–H groups in total. The predicted molar refractivity (Wildman–Crippen MR) is 282 cm³/mol. The van der Waals surface area contributed by atoms with E-state index in [2.05, 4.69) is 145 Å². The van der Waals surface area contributed by atoms with Gasteiger partial charge < -0.3 is 31.9 Å². The van der Waals surface area contributed by atoms with Gasteiger partial charge in [0.2, 0.25) is 0 Å². The second-order valence-corrected chi connectivity index (χ2v) is 43.5. The van der Waals surface area contributed by atoms with E-state index in [4.69, 9.17) is 31.9 Å². The van der Waals surface area contributed by atoms with Crippen molar-refractivity contribution in [3.05, 3.63) is 59.1 Å². The average molecular weight is 1040 g/mol. The van der Waals surface area contributed by atoms with Crippen LogP contribution in [0.25, 0.3) is 0 Å². The lowest BCUT2D eigenvalue weighted by atomic mass is 9.87. The van der Waals surface area contributed by atoms with E-state index < -0.39 is 69.8 Å². The van der Waals surface area contributed by atoms with Crippen LogP contribution < -0.4 is 0 Å². The number of halogens is 1. The normalized spacial score (nSPS) is 23.8. The number of carbonyl (C=O) groups excluding carboxylic acids is 2. The largest absolute Gasteiger partial charge is 0.458 e. The van der Waals surface area contributed by atoms with Crippen LogP contribution in [0.4, 0.5) is 0 Å². The maximum atomic E-state index is 14.0. The van der Waals surface area contributed by atoms with Crippen LogP contribution in [0.15, 0.2) is 53.5 Å². The maximum absolute atomic E-state index is 14.0. The minimum absolute atomic E-state index is 0.0157. The van der Waals surface area contributed by atoms with E-state index in [0.29, 0.717) is 29.5 Å². The molecular weight excluding hydrogens is 949 g/mol. The molecule has 0 radical (unpaired) electrons. The first-order chi connectivity index (χ1) is 29.8. The summed E-state index contributed by atoms with van der Waals surface area (Å²) in [7, 11) is -9.15. The third kappa shape index (κ3) is 16.3. The zero-order chi connectivity index (χ0) is 49.4. The molecule has 2 aliphatic heterocycles. The molecule has 0 aromatic heterocycles. The first kappa shape index (κ1) is 58.3. The second-order valence-electron chi connectivity index (χ2n) is 23.3. The molecule has 1 aromatic carbocycles. The third-order valence-electron chi connectivity index (χ3n) is 15.5. The molecule has 2 saturated heterocycles. The van der Waals surface area contributed by atoms with Crippen molar-refractivity contribution in [3.8, 4) is 0 Å². The molecule has 1 aromatic rings. The molecule has 0 bridgehead atoms. The third-order valence-corrected chi connectivity index (χ3v) is 34.0. The van der Waals surface area contributed by atoms with E-state index in [1.807, 2.05) is 12.1 Å². The predicted octanol–water partition coefficient (Wildman–Crippen LogP) is 14.3. The van der Waals surface area contributed by atoms with Gasteiger partial charge in [0.25, 0.3) is 0 Å². The molecule has 372 valence electrons. The fourth-order valence-corrected chi connectivity index (χ4v) is 14.7. The van der Waals surface area contributed by atoms with E-state index in [1.165, 1.54) is 0 Å². The van der Waals surface area contributed by atoms with Gasteiger partial charge >= 0.3 is 5.97 Å². The Kier molecular flexibility index (Phi) is 21.2. The molecule has 0 saturated carbocycles. The van der Waals surface area contributed by atoms with Crippen LogP contribution in [-0.2, 0) is 36.7 Å². The molecule has 0 spiro atoms. The molecule has 2 heterocycles. The Balaban J connectivity index is 2.12. The lowest BCUT2D eigenvalue weighted by Crippen LogP contribution is -2.69. The van der Waals surface area contributed by atoms with Crippen molar-refractivity contribution < 1.29 is 41.5 Å². The monoisotopic (exact) mass is 1040 g/mol. The molecule has 14 heteroatoms. The highest BCUT2D eigenvalue weighted by atomic mass is 79.9. The Hall–Kier alpha value is -1.05. The van der Waals surface area contributed by atoms with Crippen molar-refractivity contribution >= 4 is 61.0 Å². The van der Waals surface area contributed by atoms with Gasteiger partial charge in [-0.3, -0.25) is 4.79 Å². The summed E-state index contributed by atoms with van der Waals surface area (Å²) in [5.74, 6) is -0.517. The number of esters is 1. The zero-order valence-corrected chi connectivity index (χ0v) is 49.6. The lowest BCUT2D eigenvalue weighted by Gasteiger charge is -2.56. The number of carbonyl (C=O) groups is 2. The fraction of sp³-hybridized carbons (Fsp3) is 0.765. The standard InChI is InChI=1S/C51H91BrO9Si4/c1-20-65(21-2,22-3)55-35-34-40-31-33-42-44(56-40)46(60-63(16,17)50(8,9)10)47(61-64(18,19)51(11,12)13)45(58-42)43(59-62(14,15)49(5,6)7)32-29-39(53)28-30-41(36-37(4)52)57-48(54)38-26-24-23-25-27-38/h23-27,29,32,40-47H,4,20-22,28,30-31,33-36H2,1-3,5-19H3/b32-29+/t40-,41+,42?,43?,44+,45+,46?,47?/m1/s1. The molecule has 65 heavy (non-hydrogen) atoms. The first-order valence-corrected chi connectivity index (χ1v) is 36.7. The highest BCUT2D eigenvalue weighted by Gasteiger charge is 2.58. The van der Waals surface area contributed by atoms with Crippen LogP contribution in [-0.4, -0.2) is 100 Å². The molecule has 8 atom stereocenters. The molecule has 2 aliphatic rings. The number of rotatable bonds is 23. The molecule has 0 amide bonds. The van der Waals surface area contributed by atoms with Crippen LogP contribution in [0.3, 0.4) is 0 Å². The van der Waals surface area contributed by atoms with Gasteiger partial charge in [-0.05, 0) is 121 Å². The Bertz CT molecular complexity index is 1700. The van der Waals surface area contributed by atoms with Gasteiger partial charge in [0, 0.05) is 19.4 Å². The Morgan fingerprint density at radius 1 is 0.800 bits per heavy atom. The summed E-state index contributed by atoms with van der Waals surface area (Å²) in [6.45, 7) is 45.6. The number of fused-ring (bicyclic) bond motifs is 1. The summed E-state index contributed by atoms with van der Waals surface area (Å²) in [6, 6.07) is 12.3. The molecule has 3 rings (SSSR count). The molecular formula is C51H91BrO9Si4. The van der Waals surface area contributed by atoms with Crippen LogP contribution >= 0.6 is 15.9 Å². The van der Waals surface area contributed by atoms with Crippen LogP contribution in [0, 0.1) is 0 Å². The summed E-state index contributed by atoms with van der Waals surface area (Å²) in [5.41, 5.74) is 0.464. The maximum Gasteiger partial charge on any atom is 0.338 e. The van der Waals surface area contributed by atoms with Gasteiger partial charge in [0.1, 0.15) is 30.5 Å².